The molecule has 1 heterocycles. The molecule has 0 aromatic rings. The number of amides is 3. The molecule has 1 aliphatic carbocycles. The highest BCUT2D eigenvalue weighted by Crippen LogP contribution is 2.34. The predicted octanol–water partition coefficient (Wildman–Crippen LogP) is 0.788. The van der Waals surface area contributed by atoms with Gasteiger partial charge in [0.1, 0.15) is 0 Å². The van der Waals surface area contributed by atoms with Gasteiger partial charge in [0.2, 0.25) is 5.91 Å². The number of nitrogens with one attached hydrogen (secondary N) is 1. The van der Waals surface area contributed by atoms with Gasteiger partial charge >= 0.3 is 6.03 Å². The van der Waals surface area contributed by atoms with E-state index >= 15 is 0 Å². The summed E-state index contributed by atoms with van der Waals surface area (Å²) in [4.78, 5) is 24.7. The maximum atomic E-state index is 11.7. The van der Waals surface area contributed by atoms with Crippen LogP contribution in [0.25, 0.3) is 0 Å². The summed E-state index contributed by atoms with van der Waals surface area (Å²) in [6.45, 7) is 0.639. The van der Waals surface area contributed by atoms with Gasteiger partial charge in [-0.2, -0.15) is 0 Å². The second-order valence-corrected chi connectivity index (χ2v) is 5.23. The summed E-state index contributed by atoms with van der Waals surface area (Å²) >= 11 is 6.13. The van der Waals surface area contributed by atoms with Gasteiger partial charge in [0, 0.05) is 24.7 Å². The molecule has 2 atom stereocenters. The van der Waals surface area contributed by atoms with Crippen molar-refractivity contribution >= 4 is 23.5 Å². The lowest BCUT2D eigenvalue weighted by molar-refractivity contribution is -0.121. The Labute approximate surface area is 105 Å². The van der Waals surface area contributed by atoms with E-state index in [1.165, 1.54) is 0 Å². The molecule has 5 nitrogen and oxygen atoms in total. The van der Waals surface area contributed by atoms with Gasteiger partial charge in [-0.25, -0.2) is 4.79 Å². The third-order valence-electron chi connectivity index (χ3n) is 3.37. The highest BCUT2D eigenvalue weighted by atomic mass is 35.5. The third kappa shape index (κ3) is 2.39. The molecule has 2 rings (SSSR count). The van der Waals surface area contributed by atoms with Crippen molar-refractivity contribution in [2.24, 2.45) is 11.7 Å². The minimum Gasteiger partial charge on any atom is -0.369 e. The van der Waals surface area contributed by atoms with Crippen LogP contribution in [0.3, 0.4) is 0 Å². The molecule has 0 aromatic carbocycles. The highest BCUT2D eigenvalue weighted by molar-refractivity contribution is 6.21. The number of carbonyl (C=O) groups is 2. The van der Waals surface area contributed by atoms with Crippen LogP contribution in [-0.2, 0) is 4.79 Å². The van der Waals surface area contributed by atoms with Gasteiger partial charge in [-0.3, -0.25) is 4.79 Å². The Morgan fingerprint density at radius 2 is 2.29 bits per heavy atom. The Balaban J connectivity index is 2.33. The van der Waals surface area contributed by atoms with E-state index in [1.54, 1.807) is 11.9 Å². The monoisotopic (exact) mass is 257 g/mol. The average Bonchev–Trinajstić information content (AvgIpc) is 2.39. The molecule has 0 bridgehead atoms. The van der Waals surface area contributed by atoms with Crippen LogP contribution in [-0.4, -0.2) is 35.8 Å². The molecule has 17 heavy (non-hydrogen) atoms. The normalized spacial score (nSPS) is 29.5. The van der Waals surface area contributed by atoms with E-state index < -0.39 is 11.8 Å². The molecule has 6 heteroatoms. The van der Waals surface area contributed by atoms with Gasteiger partial charge in [-0.1, -0.05) is 0 Å². The van der Waals surface area contributed by atoms with Gasteiger partial charge in [0.25, 0.3) is 0 Å². The lowest BCUT2D eigenvalue weighted by Gasteiger charge is -2.28. The van der Waals surface area contributed by atoms with Crippen LogP contribution >= 0.6 is 11.6 Å². The van der Waals surface area contributed by atoms with E-state index in [4.69, 9.17) is 17.3 Å². The lowest BCUT2D eigenvalue weighted by Crippen LogP contribution is -2.41. The molecule has 0 fully saturated rings. The Kier molecular flexibility index (Phi) is 3.28. The van der Waals surface area contributed by atoms with E-state index in [0.29, 0.717) is 18.7 Å². The molecule has 0 saturated heterocycles. The Morgan fingerprint density at radius 1 is 1.59 bits per heavy atom. The Bertz CT molecular complexity index is 394. The number of primary amides is 1. The number of alkyl halides is 1. The van der Waals surface area contributed by atoms with E-state index in [9.17, 15) is 9.59 Å². The number of urea groups is 1. The zero-order chi connectivity index (χ0) is 12.6. The van der Waals surface area contributed by atoms with E-state index in [2.05, 4.69) is 5.32 Å². The molecule has 3 N–H and O–H groups in total. The largest absolute Gasteiger partial charge is 0.369 e. The summed E-state index contributed by atoms with van der Waals surface area (Å²) in [6.07, 6.45) is 1.96. The SMILES string of the molecule is CN1CCC2=C(NC1=O)C(C(N)=O)CC(Cl)C2. The van der Waals surface area contributed by atoms with Crippen LogP contribution < -0.4 is 11.1 Å². The quantitative estimate of drug-likeness (QED) is 0.682. The van der Waals surface area contributed by atoms with Gasteiger partial charge in [0.15, 0.2) is 0 Å². The molecule has 1 aliphatic heterocycles. The highest BCUT2D eigenvalue weighted by Gasteiger charge is 2.34. The summed E-state index contributed by atoms with van der Waals surface area (Å²) < 4.78 is 0. The fraction of sp³-hybridized carbons (Fsp3) is 0.636. The van der Waals surface area contributed by atoms with Crippen molar-refractivity contribution in [1.82, 2.24) is 10.2 Å². The van der Waals surface area contributed by atoms with E-state index in [0.717, 1.165) is 18.4 Å². The lowest BCUT2D eigenvalue weighted by atomic mass is 9.85. The molecule has 0 saturated carbocycles. The van der Waals surface area contributed by atoms with Gasteiger partial charge in [0.05, 0.1) is 5.92 Å². The third-order valence-corrected chi connectivity index (χ3v) is 3.70. The summed E-state index contributed by atoms with van der Waals surface area (Å²) in [7, 11) is 1.73. The van der Waals surface area contributed by atoms with Gasteiger partial charge in [-0.05, 0) is 24.8 Å². The molecule has 3 amide bonds. The van der Waals surface area contributed by atoms with Crippen LogP contribution in [0.4, 0.5) is 4.79 Å². The van der Waals surface area contributed by atoms with Crippen molar-refractivity contribution in [2.75, 3.05) is 13.6 Å². The van der Waals surface area contributed by atoms with E-state index in [1.807, 2.05) is 0 Å². The van der Waals surface area contributed by atoms with Gasteiger partial charge < -0.3 is 16.0 Å². The second kappa shape index (κ2) is 4.56. The number of rotatable bonds is 1. The molecule has 2 aliphatic rings. The fourth-order valence-corrected chi connectivity index (χ4v) is 2.73. The molecule has 0 radical (unpaired) electrons. The zero-order valence-electron chi connectivity index (χ0n) is 9.70. The number of hydrogen-bond acceptors (Lipinski definition) is 2. The van der Waals surface area contributed by atoms with Crippen molar-refractivity contribution in [3.05, 3.63) is 11.3 Å². The first kappa shape index (κ1) is 12.2. The first-order valence-corrected chi connectivity index (χ1v) is 6.10. The summed E-state index contributed by atoms with van der Waals surface area (Å²) in [5.74, 6) is -0.885. The van der Waals surface area contributed by atoms with Crippen molar-refractivity contribution < 1.29 is 9.59 Å². The first-order valence-electron chi connectivity index (χ1n) is 5.66. The Hall–Kier alpha value is -1.23. The van der Waals surface area contributed by atoms with E-state index in [-0.39, 0.29) is 11.4 Å². The van der Waals surface area contributed by atoms with Crippen molar-refractivity contribution in [3.63, 3.8) is 0 Å². The summed E-state index contributed by atoms with van der Waals surface area (Å²) in [5, 5.41) is 2.71. The zero-order valence-corrected chi connectivity index (χ0v) is 10.5. The van der Waals surface area contributed by atoms with Crippen LogP contribution in [0.15, 0.2) is 11.3 Å². The molecule has 2 unspecified atom stereocenters. The molecular weight excluding hydrogens is 242 g/mol. The minimum absolute atomic E-state index is 0.0773. The number of hydrogen-bond donors (Lipinski definition) is 2. The molecule has 0 aromatic heterocycles. The van der Waals surface area contributed by atoms with Crippen LogP contribution in [0.2, 0.25) is 0 Å². The standard InChI is InChI=1S/C11H16ClN3O2/c1-15-3-2-6-4-7(12)5-8(10(13)16)9(6)14-11(15)17/h7-8H,2-5H2,1H3,(H2,13,16)(H,14,17). The van der Waals surface area contributed by atoms with Crippen LogP contribution in [0.5, 0.6) is 0 Å². The minimum atomic E-state index is -0.461. The van der Waals surface area contributed by atoms with Crippen molar-refractivity contribution in [1.29, 1.82) is 0 Å². The Morgan fingerprint density at radius 3 is 2.94 bits per heavy atom. The molecular formula is C11H16ClN3O2. The average molecular weight is 258 g/mol. The first-order chi connectivity index (χ1) is 7.99. The summed E-state index contributed by atoms with van der Waals surface area (Å²) in [6, 6.07) is -0.186. The maximum absolute atomic E-state index is 11.7. The number of carbonyl (C=O) groups excluding carboxylic acids is 2. The van der Waals surface area contributed by atoms with Crippen molar-refractivity contribution in [3.8, 4) is 0 Å². The van der Waals surface area contributed by atoms with Gasteiger partial charge in [-0.15, -0.1) is 11.6 Å². The topological polar surface area (TPSA) is 75.4 Å². The second-order valence-electron chi connectivity index (χ2n) is 4.61. The number of nitrogens with zero attached hydrogens (tertiary/aromatic N) is 1. The van der Waals surface area contributed by atoms with Crippen LogP contribution in [0, 0.1) is 5.92 Å². The smallest absolute Gasteiger partial charge is 0.321 e. The van der Waals surface area contributed by atoms with Crippen LogP contribution in [0.1, 0.15) is 19.3 Å². The maximum Gasteiger partial charge on any atom is 0.321 e. The van der Waals surface area contributed by atoms with Crippen molar-refractivity contribution in [2.45, 2.75) is 24.6 Å². The molecule has 94 valence electrons. The molecule has 0 spiro atoms. The number of halogens is 1. The summed E-state index contributed by atoms with van der Waals surface area (Å²) in [5.41, 5.74) is 7.11. The number of nitrogens with two attached hydrogens (primary N) is 1. The predicted molar refractivity (Wildman–Crippen MR) is 64.4 cm³/mol. The fourth-order valence-electron chi connectivity index (χ4n) is 2.37.